The minimum Gasteiger partial charge on any atom is -0.437 e. The summed E-state index contributed by atoms with van der Waals surface area (Å²) in [6.45, 7) is 0. The molecule has 0 atom stereocenters. The van der Waals surface area contributed by atoms with Crippen LogP contribution in [0.3, 0.4) is 0 Å². The van der Waals surface area contributed by atoms with E-state index in [1.807, 2.05) is 0 Å². The average Bonchev–Trinajstić information content (AvgIpc) is 2.41. The Morgan fingerprint density at radius 2 is 2.05 bits per heavy atom. The van der Waals surface area contributed by atoms with Gasteiger partial charge in [-0.15, -0.1) is 11.6 Å². The quantitative estimate of drug-likeness (QED) is 0.362. The Kier molecular flexibility index (Phi) is 4.59. The number of ether oxygens (including phenoxy) is 1. The fourth-order valence-electron chi connectivity index (χ4n) is 1.36. The van der Waals surface area contributed by atoms with E-state index in [-0.39, 0.29) is 33.4 Å². The zero-order valence-corrected chi connectivity index (χ0v) is 12.0. The predicted octanol–water partition coefficient (Wildman–Crippen LogP) is 4.22. The first-order valence-electron chi connectivity index (χ1n) is 5.20. The molecule has 9 heteroatoms. The van der Waals surface area contributed by atoms with Crippen LogP contribution in [0.15, 0.2) is 24.5 Å². The number of hydrogen-bond donors (Lipinski definition) is 0. The van der Waals surface area contributed by atoms with E-state index in [4.69, 9.17) is 39.5 Å². The van der Waals surface area contributed by atoms with E-state index in [1.165, 1.54) is 24.5 Å². The molecule has 0 spiro atoms. The van der Waals surface area contributed by atoms with Crippen LogP contribution in [0.1, 0.15) is 5.56 Å². The van der Waals surface area contributed by atoms with Gasteiger partial charge >= 0.3 is 0 Å². The van der Waals surface area contributed by atoms with Gasteiger partial charge in [0.2, 0.25) is 5.88 Å². The summed E-state index contributed by atoms with van der Waals surface area (Å²) in [5.74, 6) is 0.214. The highest BCUT2D eigenvalue weighted by molar-refractivity contribution is 6.32. The van der Waals surface area contributed by atoms with E-state index in [0.29, 0.717) is 5.56 Å². The van der Waals surface area contributed by atoms with E-state index in [2.05, 4.69) is 9.97 Å². The molecule has 0 unspecified atom stereocenters. The number of hydrogen-bond acceptors (Lipinski definition) is 5. The Labute approximate surface area is 128 Å². The summed E-state index contributed by atoms with van der Waals surface area (Å²) >= 11 is 17.5. The summed E-state index contributed by atoms with van der Waals surface area (Å²) in [6, 6.07) is 3.82. The van der Waals surface area contributed by atoms with Crippen LogP contribution in [-0.2, 0) is 5.88 Å². The molecule has 0 fully saturated rings. The van der Waals surface area contributed by atoms with Gasteiger partial charge in [0.25, 0.3) is 5.69 Å². The van der Waals surface area contributed by atoms with Crippen molar-refractivity contribution in [2.75, 3.05) is 0 Å². The van der Waals surface area contributed by atoms with Crippen molar-refractivity contribution in [3.8, 4) is 11.6 Å². The van der Waals surface area contributed by atoms with Gasteiger partial charge in [-0.2, -0.15) is 0 Å². The van der Waals surface area contributed by atoms with Gasteiger partial charge in [0.05, 0.1) is 27.5 Å². The topological polar surface area (TPSA) is 78.2 Å². The van der Waals surface area contributed by atoms with E-state index >= 15 is 0 Å². The first kappa shape index (κ1) is 14.8. The summed E-state index contributed by atoms with van der Waals surface area (Å²) in [7, 11) is 0. The molecule has 0 saturated carbocycles. The van der Waals surface area contributed by atoms with Crippen molar-refractivity contribution in [2.24, 2.45) is 0 Å². The Morgan fingerprint density at radius 3 is 2.70 bits per heavy atom. The van der Waals surface area contributed by atoms with Crippen LogP contribution >= 0.6 is 34.8 Å². The molecule has 20 heavy (non-hydrogen) atoms. The minimum atomic E-state index is -0.557. The fraction of sp³-hybridized carbons (Fsp3) is 0.0909. The zero-order valence-electron chi connectivity index (χ0n) is 9.72. The number of rotatable bonds is 4. The largest absolute Gasteiger partial charge is 0.437 e. The van der Waals surface area contributed by atoms with Gasteiger partial charge in [0, 0.05) is 6.07 Å². The lowest BCUT2D eigenvalue weighted by molar-refractivity contribution is -0.384. The van der Waals surface area contributed by atoms with E-state index in [9.17, 15) is 10.1 Å². The highest BCUT2D eigenvalue weighted by Crippen LogP contribution is 2.34. The van der Waals surface area contributed by atoms with Crippen molar-refractivity contribution in [2.45, 2.75) is 5.88 Å². The van der Waals surface area contributed by atoms with Gasteiger partial charge < -0.3 is 4.74 Å². The van der Waals surface area contributed by atoms with Crippen molar-refractivity contribution in [1.82, 2.24) is 9.97 Å². The van der Waals surface area contributed by atoms with Gasteiger partial charge in [0.1, 0.15) is 11.5 Å². The van der Waals surface area contributed by atoms with Crippen LogP contribution in [0.4, 0.5) is 5.69 Å². The van der Waals surface area contributed by atoms with Crippen LogP contribution < -0.4 is 4.74 Å². The van der Waals surface area contributed by atoms with Crippen molar-refractivity contribution in [3.63, 3.8) is 0 Å². The van der Waals surface area contributed by atoms with Crippen molar-refractivity contribution >= 4 is 40.5 Å². The first-order chi connectivity index (χ1) is 9.52. The van der Waals surface area contributed by atoms with Gasteiger partial charge in [-0.05, 0) is 6.07 Å². The molecule has 1 heterocycles. The first-order valence-corrected chi connectivity index (χ1v) is 6.49. The Hall–Kier alpha value is -1.63. The second-order valence-electron chi connectivity index (χ2n) is 3.56. The molecule has 2 aromatic rings. The van der Waals surface area contributed by atoms with Gasteiger partial charge in [-0.25, -0.2) is 9.97 Å². The third-order valence-electron chi connectivity index (χ3n) is 2.32. The molecule has 1 aromatic carbocycles. The van der Waals surface area contributed by atoms with E-state index < -0.39 is 4.92 Å². The number of halogens is 3. The zero-order chi connectivity index (χ0) is 14.7. The van der Waals surface area contributed by atoms with E-state index in [1.54, 1.807) is 0 Å². The summed E-state index contributed by atoms with van der Waals surface area (Å²) in [5.41, 5.74) is 0.218. The predicted molar refractivity (Wildman–Crippen MR) is 74.8 cm³/mol. The number of nitro groups is 1. The summed E-state index contributed by atoms with van der Waals surface area (Å²) in [4.78, 5) is 17.8. The average molecular weight is 335 g/mol. The molecule has 0 aliphatic carbocycles. The molecule has 104 valence electrons. The second-order valence-corrected chi connectivity index (χ2v) is 4.59. The highest BCUT2D eigenvalue weighted by Gasteiger charge is 2.15. The van der Waals surface area contributed by atoms with Crippen molar-refractivity contribution in [1.29, 1.82) is 0 Å². The fourth-order valence-corrected chi connectivity index (χ4v) is 2.02. The molecule has 0 N–H and O–H groups in total. The molecule has 0 aliphatic heterocycles. The Bertz CT molecular complexity index is 667. The molecule has 0 aliphatic rings. The van der Waals surface area contributed by atoms with Gasteiger partial charge in [-0.3, -0.25) is 10.1 Å². The number of alkyl halides is 1. The smallest absolute Gasteiger partial charge is 0.273 e. The Balaban J connectivity index is 2.42. The van der Waals surface area contributed by atoms with Gasteiger partial charge in [0.15, 0.2) is 5.75 Å². The number of nitrogens with zero attached hydrogens (tertiary/aromatic N) is 3. The molecule has 0 radical (unpaired) electrons. The molecule has 0 amide bonds. The minimum absolute atomic E-state index is 0.0293. The third kappa shape index (κ3) is 3.09. The van der Waals surface area contributed by atoms with Crippen molar-refractivity contribution in [3.05, 3.63) is 50.4 Å². The van der Waals surface area contributed by atoms with E-state index in [0.717, 1.165) is 0 Å². The van der Waals surface area contributed by atoms with Crippen LogP contribution in [-0.4, -0.2) is 14.9 Å². The Morgan fingerprint density at radius 1 is 1.30 bits per heavy atom. The number of benzene rings is 1. The monoisotopic (exact) mass is 333 g/mol. The summed E-state index contributed by atoms with van der Waals surface area (Å²) < 4.78 is 5.45. The van der Waals surface area contributed by atoms with Crippen LogP contribution in [0, 0.1) is 10.1 Å². The second kappa shape index (κ2) is 6.21. The van der Waals surface area contributed by atoms with Gasteiger partial charge in [-0.1, -0.05) is 23.2 Å². The summed E-state index contributed by atoms with van der Waals surface area (Å²) in [6.07, 6.45) is 1.19. The third-order valence-corrected chi connectivity index (χ3v) is 3.22. The molecule has 0 bridgehead atoms. The highest BCUT2D eigenvalue weighted by atomic mass is 35.5. The standard InChI is InChI=1S/C11H6Cl3N3O3/c12-4-7-10(14)15-5-16-11(7)20-9-3-6(17(18)19)1-2-8(9)13/h1-3,5H,4H2. The maximum absolute atomic E-state index is 10.7. The van der Waals surface area contributed by atoms with Crippen molar-refractivity contribution < 1.29 is 9.66 Å². The number of nitro benzene ring substituents is 1. The lowest BCUT2D eigenvalue weighted by atomic mass is 10.3. The lowest BCUT2D eigenvalue weighted by Crippen LogP contribution is -1.97. The molecular formula is C11H6Cl3N3O3. The molecular weight excluding hydrogens is 328 g/mol. The maximum atomic E-state index is 10.7. The number of aromatic nitrogens is 2. The van der Waals surface area contributed by atoms with Crippen LogP contribution in [0.25, 0.3) is 0 Å². The normalized spacial score (nSPS) is 10.3. The SMILES string of the molecule is O=[N+]([O-])c1ccc(Cl)c(Oc2ncnc(Cl)c2CCl)c1. The molecule has 1 aromatic heterocycles. The lowest BCUT2D eigenvalue weighted by Gasteiger charge is -2.09. The molecule has 6 nitrogen and oxygen atoms in total. The van der Waals surface area contributed by atoms with Crippen LogP contribution in [0.2, 0.25) is 10.2 Å². The molecule has 2 rings (SSSR count). The maximum Gasteiger partial charge on any atom is 0.273 e. The van der Waals surface area contributed by atoms with Crippen LogP contribution in [0.5, 0.6) is 11.6 Å². The molecule has 0 saturated heterocycles. The summed E-state index contributed by atoms with van der Waals surface area (Å²) in [5, 5.41) is 11.1. The number of non-ortho nitro benzene ring substituents is 1.